The van der Waals surface area contributed by atoms with Gasteiger partial charge in [0.15, 0.2) is 5.82 Å². The fraction of sp³-hybridized carbons (Fsp3) is 0.433. The van der Waals surface area contributed by atoms with E-state index in [-0.39, 0.29) is 36.3 Å². The van der Waals surface area contributed by atoms with Crippen molar-refractivity contribution < 1.29 is 14.4 Å². The zero-order valence-corrected chi connectivity index (χ0v) is 24.2. The van der Waals surface area contributed by atoms with E-state index in [4.69, 9.17) is 5.41 Å². The number of rotatable bonds is 9. The number of hydrogen-bond donors (Lipinski definition) is 5. The van der Waals surface area contributed by atoms with Crippen molar-refractivity contribution in [3.8, 4) is 0 Å². The first-order chi connectivity index (χ1) is 20.3. The summed E-state index contributed by atoms with van der Waals surface area (Å²) in [5.74, 6) is 0.158. The maximum atomic E-state index is 13.1. The van der Waals surface area contributed by atoms with Crippen molar-refractivity contribution in [3.63, 3.8) is 0 Å². The Morgan fingerprint density at radius 1 is 1.07 bits per heavy atom. The van der Waals surface area contributed by atoms with Crippen LogP contribution >= 0.6 is 0 Å². The molecule has 0 unspecified atom stereocenters. The maximum Gasteiger partial charge on any atom is 0.251 e. The predicted molar refractivity (Wildman–Crippen MR) is 157 cm³/mol. The van der Waals surface area contributed by atoms with Crippen LogP contribution in [0.2, 0.25) is 0 Å². The first-order valence-electron chi connectivity index (χ1n) is 14.3. The molecule has 12 nitrogen and oxygen atoms in total. The lowest BCUT2D eigenvalue weighted by atomic mass is 9.67. The molecule has 0 radical (unpaired) electrons. The number of H-pyrrole nitrogens is 1. The van der Waals surface area contributed by atoms with Gasteiger partial charge < -0.3 is 26.3 Å². The van der Waals surface area contributed by atoms with E-state index in [2.05, 4.69) is 36.6 Å². The van der Waals surface area contributed by atoms with Gasteiger partial charge in [-0.1, -0.05) is 12.1 Å². The minimum atomic E-state index is -0.867. The number of nitrogens with one attached hydrogen (secondary N) is 5. The van der Waals surface area contributed by atoms with Crippen molar-refractivity contribution in [2.24, 2.45) is 0 Å². The van der Waals surface area contributed by atoms with Gasteiger partial charge in [-0.2, -0.15) is 0 Å². The number of likely N-dealkylation sites (tertiary alicyclic amines) is 1. The van der Waals surface area contributed by atoms with Crippen molar-refractivity contribution >= 4 is 23.9 Å². The zero-order valence-electron chi connectivity index (χ0n) is 24.2. The molecule has 2 heterocycles. The number of carbonyl (C=O) groups is 3. The van der Waals surface area contributed by atoms with Crippen LogP contribution in [0.15, 0.2) is 36.4 Å². The highest BCUT2D eigenvalue weighted by molar-refractivity contribution is 5.95. The van der Waals surface area contributed by atoms with E-state index in [1.54, 1.807) is 19.0 Å². The fourth-order valence-corrected chi connectivity index (χ4v) is 6.50. The number of nitrogens with zero attached hydrogens (tertiary/aromatic N) is 4. The third-order valence-electron chi connectivity index (χ3n) is 8.55. The number of amides is 3. The number of hydrogen-bond acceptors (Lipinski definition) is 8. The molecule has 12 heteroatoms. The number of aryl methyl sites for hydroxylation is 2. The van der Waals surface area contributed by atoms with Gasteiger partial charge in [0.2, 0.25) is 5.91 Å². The number of fused-ring (bicyclic) bond motifs is 2. The van der Waals surface area contributed by atoms with Gasteiger partial charge in [-0.3, -0.25) is 14.4 Å². The largest absolute Gasteiger partial charge is 0.355 e. The zero-order chi connectivity index (χ0) is 29.9. The Morgan fingerprint density at radius 3 is 2.21 bits per heavy atom. The lowest BCUT2D eigenvalue weighted by Crippen LogP contribution is -2.46. The van der Waals surface area contributed by atoms with Crippen molar-refractivity contribution in [2.45, 2.75) is 56.5 Å². The molecule has 0 bridgehead atoms. The molecule has 5 N–H and O–H groups in total. The molecule has 3 aromatic rings. The van der Waals surface area contributed by atoms with Crippen LogP contribution in [0, 0.1) is 5.41 Å². The summed E-state index contributed by atoms with van der Waals surface area (Å²) >= 11 is 0. The van der Waals surface area contributed by atoms with Gasteiger partial charge in [0.25, 0.3) is 11.8 Å². The highest BCUT2D eigenvalue weighted by Gasteiger charge is 2.45. The molecular formula is C30H37N9O3. The highest BCUT2D eigenvalue weighted by Crippen LogP contribution is 2.47. The van der Waals surface area contributed by atoms with Crippen molar-refractivity contribution in [1.82, 2.24) is 41.5 Å². The Bertz CT molecular complexity index is 1420. The molecule has 2 aliphatic rings. The average molecular weight is 572 g/mol. The summed E-state index contributed by atoms with van der Waals surface area (Å²) in [4.78, 5) is 40.0. The SMILES string of the molecule is CNC(=O)c1ccc2c(c1)CCc1cc(C(=O)NC)ccc1C2(C[C@H](C)NCC(=O)N1CCC[C@H]1C=N)c1nnn[nH]1. The summed E-state index contributed by atoms with van der Waals surface area (Å²) in [6.07, 6.45) is 4.84. The molecule has 1 aromatic heterocycles. The molecule has 1 aliphatic carbocycles. The number of tetrazole rings is 1. The van der Waals surface area contributed by atoms with E-state index in [9.17, 15) is 14.4 Å². The molecule has 2 atom stereocenters. The molecule has 1 aliphatic heterocycles. The second-order valence-corrected chi connectivity index (χ2v) is 11.0. The molecule has 3 amide bonds. The van der Waals surface area contributed by atoms with Crippen molar-refractivity contribution in [2.75, 3.05) is 27.2 Å². The van der Waals surface area contributed by atoms with Crippen LogP contribution in [0.5, 0.6) is 0 Å². The monoisotopic (exact) mass is 571 g/mol. The van der Waals surface area contributed by atoms with Crippen LogP contribution < -0.4 is 16.0 Å². The van der Waals surface area contributed by atoms with E-state index < -0.39 is 5.41 Å². The molecule has 220 valence electrons. The van der Waals surface area contributed by atoms with E-state index in [0.717, 1.165) is 35.1 Å². The molecule has 2 aromatic carbocycles. The van der Waals surface area contributed by atoms with Gasteiger partial charge in [-0.25, -0.2) is 5.10 Å². The Labute approximate surface area is 244 Å². The topological polar surface area (TPSA) is 169 Å². The second-order valence-electron chi connectivity index (χ2n) is 11.0. The van der Waals surface area contributed by atoms with Crippen LogP contribution in [-0.4, -0.2) is 88.7 Å². The molecule has 1 saturated heterocycles. The minimum Gasteiger partial charge on any atom is -0.355 e. The van der Waals surface area contributed by atoms with Gasteiger partial charge in [0.05, 0.1) is 18.0 Å². The van der Waals surface area contributed by atoms with E-state index in [1.165, 1.54) is 6.21 Å². The Hall–Kier alpha value is -4.45. The molecule has 5 rings (SSSR count). The summed E-state index contributed by atoms with van der Waals surface area (Å²) in [7, 11) is 3.21. The van der Waals surface area contributed by atoms with Crippen LogP contribution in [0.25, 0.3) is 0 Å². The molecule has 0 saturated carbocycles. The van der Waals surface area contributed by atoms with E-state index >= 15 is 0 Å². The number of carbonyl (C=O) groups excluding carboxylic acids is 3. The molecule has 42 heavy (non-hydrogen) atoms. The number of benzene rings is 2. The standard InChI is InChI=1S/C30H37N9O3/c1-18(34-17-26(40)39-12-4-5-23(39)16-31)15-30(29-35-37-38-36-29)24-10-8-21(27(41)32-2)13-19(24)6-7-20-14-22(28(42)33-3)9-11-25(20)30/h8-11,13-14,16,18,23,31,34H,4-7,12,15,17H2,1-3H3,(H,32,41)(H,33,42)(H,35,36,37,38)/t18-,23-/m0/s1. The van der Waals surface area contributed by atoms with Crippen LogP contribution in [0.4, 0.5) is 0 Å². The molecule has 0 spiro atoms. The summed E-state index contributed by atoms with van der Waals surface area (Å²) in [5.41, 5.74) is 4.14. The van der Waals surface area contributed by atoms with E-state index in [0.29, 0.717) is 42.8 Å². The molecular weight excluding hydrogens is 534 g/mol. The Balaban J connectivity index is 1.59. The fourth-order valence-electron chi connectivity index (χ4n) is 6.50. The summed E-state index contributed by atoms with van der Waals surface area (Å²) in [6, 6.07) is 11.1. The van der Waals surface area contributed by atoms with Gasteiger partial charge in [-0.15, -0.1) is 5.10 Å². The number of aromatic nitrogens is 4. The average Bonchev–Trinajstić information content (AvgIpc) is 3.71. The Kier molecular flexibility index (Phi) is 8.44. The summed E-state index contributed by atoms with van der Waals surface area (Å²) in [6.45, 7) is 2.82. The predicted octanol–water partition coefficient (Wildman–Crippen LogP) is 1.36. The van der Waals surface area contributed by atoms with Gasteiger partial charge in [0.1, 0.15) is 0 Å². The van der Waals surface area contributed by atoms with Gasteiger partial charge in [-0.05, 0) is 96.0 Å². The van der Waals surface area contributed by atoms with Crippen LogP contribution in [-0.2, 0) is 23.1 Å². The normalized spacial score (nSPS) is 17.9. The first-order valence-corrected chi connectivity index (χ1v) is 14.3. The minimum absolute atomic E-state index is 0.0321. The van der Waals surface area contributed by atoms with Gasteiger partial charge >= 0.3 is 0 Å². The lowest BCUT2D eigenvalue weighted by molar-refractivity contribution is -0.130. The third kappa shape index (κ3) is 5.29. The van der Waals surface area contributed by atoms with Crippen molar-refractivity contribution in [3.05, 3.63) is 75.6 Å². The maximum absolute atomic E-state index is 13.1. The van der Waals surface area contributed by atoms with Crippen molar-refractivity contribution in [1.29, 1.82) is 5.41 Å². The quantitative estimate of drug-likeness (QED) is 0.242. The highest BCUT2D eigenvalue weighted by atomic mass is 16.2. The van der Waals surface area contributed by atoms with E-state index in [1.807, 2.05) is 43.3 Å². The summed E-state index contributed by atoms with van der Waals surface area (Å²) in [5, 5.41) is 31.8. The second kappa shape index (κ2) is 12.2. The summed E-state index contributed by atoms with van der Waals surface area (Å²) < 4.78 is 0. The molecule has 1 fully saturated rings. The third-order valence-corrected chi connectivity index (χ3v) is 8.55. The smallest absolute Gasteiger partial charge is 0.251 e. The lowest BCUT2D eigenvalue weighted by Gasteiger charge is -2.37. The Morgan fingerprint density at radius 2 is 1.69 bits per heavy atom. The van der Waals surface area contributed by atoms with Crippen LogP contribution in [0.1, 0.15) is 75.0 Å². The first kappa shape index (κ1) is 29.1. The van der Waals surface area contributed by atoms with Gasteiger partial charge in [0, 0.05) is 44.0 Å². The number of aromatic amines is 1. The van der Waals surface area contributed by atoms with Crippen LogP contribution in [0.3, 0.4) is 0 Å².